The Balaban J connectivity index is 1.62. The van der Waals surface area contributed by atoms with Crippen LogP contribution in [0.5, 0.6) is 0 Å². The van der Waals surface area contributed by atoms with Gasteiger partial charge in [0.2, 0.25) is 0 Å². The molecule has 0 saturated carbocycles. The Labute approximate surface area is 243 Å². The van der Waals surface area contributed by atoms with Crippen LogP contribution >= 0.6 is 0 Å². The minimum Gasteiger partial charge on any atom is -0.396 e. The van der Waals surface area contributed by atoms with Crippen LogP contribution in [0, 0.1) is 23.5 Å². The Morgan fingerprint density at radius 2 is 1.95 bits per heavy atom. The molecule has 42 heavy (non-hydrogen) atoms. The van der Waals surface area contributed by atoms with Gasteiger partial charge in [-0.2, -0.15) is 0 Å². The fourth-order valence-electron chi connectivity index (χ4n) is 5.86. The summed E-state index contributed by atoms with van der Waals surface area (Å²) in [7, 11) is 0. The number of carbonyl (C=O) groups excluding carboxylic acids is 1. The summed E-state index contributed by atoms with van der Waals surface area (Å²) in [4.78, 5) is 20.4. The second kappa shape index (κ2) is 14.2. The molecule has 11 heteroatoms. The van der Waals surface area contributed by atoms with Crippen LogP contribution in [0.2, 0.25) is 0 Å². The standard InChI is InChI=1S/C31H38F3N5O3/c32-24-7-8-26(33)25(15-24)28-20-38(18-21-5-2-1-3-6-21)30(37-28)29(22-9-13-42-14-10-22)39(31(41)36-11-4-12-40)19-23-16-35-17-27(23)34/h1-3,5-8,15,20,22-23,27,29,35,40H,4,9-14,16-19H2,(H,36,41)/t23-,27-,29?/m0/s1. The molecule has 3 aromatic rings. The third kappa shape index (κ3) is 7.14. The number of aromatic nitrogens is 2. The highest BCUT2D eigenvalue weighted by molar-refractivity contribution is 5.75. The van der Waals surface area contributed by atoms with Gasteiger partial charge in [-0.15, -0.1) is 0 Å². The van der Waals surface area contributed by atoms with E-state index < -0.39 is 29.8 Å². The highest BCUT2D eigenvalue weighted by Crippen LogP contribution is 2.38. The predicted octanol–water partition coefficient (Wildman–Crippen LogP) is 4.30. The maximum absolute atomic E-state index is 15.0. The normalized spacial score (nSPS) is 20.0. The monoisotopic (exact) mass is 585 g/mol. The number of aliphatic hydroxyl groups is 1. The average Bonchev–Trinajstić information content (AvgIpc) is 3.60. The first kappa shape index (κ1) is 30.1. The second-order valence-electron chi connectivity index (χ2n) is 11.0. The van der Waals surface area contributed by atoms with Crippen LogP contribution in [-0.2, 0) is 11.3 Å². The largest absolute Gasteiger partial charge is 0.396 e. The maximum Gasteiger partial charge on any atom is 0.318 e. The lowest BCUT2D eigenvalue weighted by atomic mass is 9.89. The van der Waals surface area contributed by atoms with E-state index in [0.29, 0.717) is 51.4 Å². The van der Waals surface area contributed by atoms with Gasteiger partial charge in [-0.05, 0) is 48.9 Å². The Kier molecular flexibility index (Phi) is 10.1. The Morgan fingerprint density at radius 3 is 2.67 bits per heavy atom. The second-order valence-corrected chi connectivity index (χ2v) is 11.0. The molecule has 2 aromatic carbocycles. The highest BCUT2D eigenvalue weighted by Gasteiger charge is 2.40. The van der Waals surface area contributed by atoms with Gasteiger partial charge in [-0.25, -0.2) is 22.9 Å². The Hall–Kier alpha value is -3.41. The van der Waals surface area contributed by atoms with Crippen LogP contribution in [0.4, 0.5) is 18.0 Å². The number of alkyl halides is 1. The number of nitrogens with one attached hydrogen (secondary N) is 2. The number of rotatable bonds is 11. The molecule has 3 atom stereocenters. The first-order valence-electron chi connectivity index (χ1n) is 14.6. The van der Waals surface area contributed by atoms with Crippen LogP contribution < -0.4 is 10.6 Å². The van der Waals surface area contributed by atoms with Crippen molar-refractivity contribution in [1.29, 1.82) is 0 Å². The van der Waals surface area contributed by atoms with Crippen molar-refractivity contribution in [3.63, 3.8) is 0 Å². The first-order valence-corrected chi connectivity index (χ1v) is 14.6. The number of imidazole rings is 1. The van der Waals surface area contributed by atoms with Crippen LogP contribution in [0.3, 0.4) is 0 Å². The quantitative estimate of drug-likeness (QED) is 0.292. The van der Waals surface area contributed by atoms with Crippen molar-refractivity contribution in [2.45, 2.75) is 38.0 Å². The third-order valence-corrected chi connectivity index (χ3v) is 8.08. The molecule has 0 radical (unpaired) electrons. The van der Waals surface area contributed by atoms with E-state index in [0.717, 1.165) is 23.8 Å². The van der Waals surface area contributed by atoms with Crippen molar-refractivity contribution < 1.29 is 27.8 Å². The predicted molar refractivity (Wildman–Crippen MR) is 152 cm³/mol. The summed E-state index contributed by atoms with van der Waals surface area (Å²) >= 11 is 0. The van der Waals surface area contributed by atoms with Crippen LogP contribution in [0.1, 0.15) is 36.7 Å². The molecule has 1 unspecified atom stereocenters. The SMILES string of the molecule is O=C(NCCCO)N(C[C@@H]1CNC[C@@H]1F)C(c1nc(-c2cc(F)ccc2F)cn1Cc1ccccc1)C1CCOCC1. The number of benzene rings is 2. The topological polar surface area (TPSA) is 91.6 Å². The smallest absolute Gasteiger partial charge is 0.318 e. The van der Waals surface area contributed by atoms with E-state index in [4.69, 9.17) is 9.72 Å². The lowest BCUT2D eigenvalue weighted by Crippen LogP contribution is -2.49. The van der Waals surface area contributed by atoms with E-state index >= 15 is 0 Å². The zero-order valence-corrected chi connectivity index (χ0v) is 23.5. The van der Waals surface area contributed by atoms with E-state index in [-0.39, 0.29) is 49.4 Å². The summed E-state index contributed by atoms with van der Waals surface area (Å²) in [6.45, 7) is 2.36. The van der Waals surface area contributed by atoms with E-state index in [1.54, 1.807) is 11.1 Å². The lowest BCUT2D eigenvalue weighted by molar-refractivity contribution is 0.0258. The molecule has 0 aliphatic carbocycles. The summed E-state index contributed by atoms with van der Waals surface area (Å²) in [5, 5.41) is 15.3. The van der Waals surface area contributed by atoms with Crippen molar-refractivity contribution in [2.75, 3.05) is 46.0 Å². The van der Waals surface area contributed by atoms with Crippen molar-refractivity contribution >= 4 is 6.03 Å². The number of hydrogen-bond donors (Lipinski definition) is 3. The minimum atomic E-state index is -1.12. The molecule has 2 aliphatic heterocycles. The number of urea groups is 1. The van der Waals surface area contributed by atoms with Gasteiger partial charge in [0.25, 0.3) is 0 Å². The van der Waals surface area contributed by atoms with Gasteiger partial charge in [0.05, 0.1) is 11.7 Å². The summed E-state index contributed by atoms with van der Waals surface area (Å²) in [6, 6.07) is 12.0. The van der Waals surface area contributed by atoms with Crippen LogP contribution in [-0.4, -0.2) is 77.8 Å². The molecule has 2 aliphatic rings. The first-order chi connectivity index (χ1) is 20.4. The minimum absolute atomic E-state index is 0.0246. The fourth-order valence-corrected chi connectivity index (χ4v) is 5.86. The fraction of sp³-hybridized carbons (Fsp3) is 0.484. The summed E-state index contributed by atoms with van der Waals surface area (Å²) in [6.07, 6.45) is 2.26. The van der Waals surface area contributed by atoms with E-state index in [1.807, 2.05) is 34.9 Å². The van der Waals surface area contributed by atoms with E-state index in [1.165, 1.54) is 0 Å². The van der Waals surface area contributed by atoms with Gasteiger partial charge in [0.15, 0.2) is 0 Å². The number of carbonyl (C=O) groups is 1. The van der Waals surface area contributed by atoms with Crippen molar-refractivity contribution in [3.8, 4) is 11.3 Å². The van der Waals surface area contributed by atoms with Gasteiger partial charge in [0, 0.05) is 70.2 Å². The Bertz CT molecular complexity index is 1320. The number of hydrogen-bond acceptors (Lipinski definition) is 5. The average molecular weight is 586 g/mol. The Morgan fingerprint density at radius 1 is 1.17 bits per heavy atom. The summed E-state index contributed by atoms with van der Waals surface area (Å²) < 4.78 is 51.7. The van der Waals surface area contributed by atoms with E-state index in [9.17, 15) is 23.1 Å². The zero-order valence-electron chi connectivity index (χ0n) is 23.5. The van der Waals surface area contributed by atoms with Gasteiger partial charge < -0.3 is 29.9 Å². The molecular weight excluding hydrogens is 547 g/mol. The number of nitrogens with zero attached hydrogens (tertiary/aromatic N) is 3. The molecule has 0 spiro atoms. The third-order valence-electron chi connectivity index (χ3n) is 8.08. The van der Waals surface area contributed by atoms with Crippen LogP contribution in [0.25, 0.3) is 11.3 Å². The molecule has 8 nitrogen and oxygen atoms in total. The molecule has 3 heterocycles. The highest BCUT2D eigenvalue weighted by atomic mass is 19.1. The number of ether oxygens (including phenoxy) is 1. The lowest BCUT2D eigenvalue weighted by Gasteiger charge is -2.39. The van der Waals surface area contributed by atoms with Crippen molar-refractivity contribution in [1.82, 2.24) is 25.1 Å². The van der Waals surface area contributed by atoms with Crippen LogP contribution in [0.15, 0.2) is 54.7 Å². The molecule has 226 valence electrons. The molecule has 2 amide bonds. The maximum atomic E-state index is 15.0. The van der Waals surface area contributed by atoms with Gasteiger partial charge in [-0.1, -0.05) is 30.3 Å². The molecular formula is C31H38F3N5O3. The zero-order chi connectivity index (χ0) is 29.5. The van der Waals surface area contributed by atoms with Gasteiger partial charge >= 0.3 is 6.03 Å². The van der Waals surface area contributed by atoms with E-state index in [2.05, 4.69) is 10.6 Å². The van der Waals surface area contributed by atoms with Crippen molar-refractivity contribution in [2.24, 2.45) is 11.8 Å². The van der Waals surface area contributed by atoms with Gasteiger partial charge in [0.1, 0.15) is 23.6 Å². The molecule has 2 fully saturated rings. The molecule has 5 rings (SSSR count). The van der Waals surface area contributed by atoms with Crippen molar-refractivity contribution in [3.05, 3.63) is 77.8 Å². The molecule has 2 saturated heterocycles. The summed E-state index contributed by atoms with van der Waals surface area (Å²) in [5.74, 6) is -1.17. The molecule has 1 aromatic heterocycles. The number of aliphatic hydroxyl groups excluding tert-OH is 1. The van der Waals surface area contributed by atoms with Gasteiger partial charge in [-0.3, -0.25) is 0 Å². The summed E-state index contributed by atoms with van der Waals surface area (Å²) in [5.41, 5.74) is 1.24. The molecule has 3 N–H and O–H groups in total. The number of halogens is 3. The molecule has 0 bridgehead atoms. The number of amides is 2.